The minimum Gasteiger partial charge on any atom is -0.493 e. The van der Waals surface area contributed by atoms with E-state index >= 15 is 0 Å². The van der Waals surface area contributed by atoms with Crippen LogP contribution in [-0.4, -0.2) is 57.0 Å². The van der Waals surface area contributed by atoms with Gasteiger partial charge in [0.15, 0.2) is 17.2 Å². The van der Waals surface area contributed by atoms with Crippen molar-refractivity contribution in [3.05, 3.63) is 66.0 Å². The van der Waals surface area contributed by atoms with E-state index in [0.717, 1.165) is 18.2 Å². The Kier molecular flexibility index (Phi) is 7.69. The van der Waals surface area contributed by atoms with Crippen molar-refractivity contribution < 1.29 is 19.0 Å². The van der Waals surface area contributed by atoms with Gasteiger partial charge in [-0.05, 0) is 18.2 Å². The van der Waals surface area contributed by atoms with Gasteiger partial charge in [-0.3, -0.25) is 14.8 Å². The summed E-state index contributed by atoms with van der Waals surface area (Å²) in [6.45, 7) is 3.12. The quantitative estimate of drug-likeness (QED) is 0.341. The summed E-state index contributed by atoms with van der Waals surface area (Å²) in [6.07, 6.45) is 7.78. The number of para-hydroxylation sites is 1. The molecule has 0 unspecified atom stereocenters. The molecule has 38 heavy (non-hydrogen) atoms. The lowest BCUT2D eigenvalue weighted by Gasteiger charge is -2.31. The first-order valence-electron chi connectivity index (χ1n) is 12.2. The van der Waals surface area contributed by atoms with Crippen LogP contribution in [0.3, 0.4) is 0 Å². The van der Waals surface area contributed by atoms with Crippen molar-refractivity contribution in [3.63, 3.8) is 0 Å². The fourth-order valence-corrected chi connectivity index (χ4v) is 4.54. The number of fused-ring (bicyclic) bond motifs is 1. The zero-order chi connectivity index (χ0) is 26.5. The Morgan fingerprint density at radius 3 is 2.71 bits per heavy atom. The lowest BCUT2D eigenvalue weighted by atomic mass is 10.1. The van der Waals surface area contributed by atoms with Crippen LogP contribution in [-0.2, 0) is 11.4 Å². The SMILES string of the molecule is COc1cc2ncnc(Nc3cccc(Cl)c3OCc3cnccn3)c2cc1OC1CCN(C(C)=O)CC1. The highest BCUT2D eigenvalue weighted by molar-refractivity contribution is 6.32. The normalized spacial score (nSPS) is 13.8. The maximum Gasteiger partial charge on any atom is 0.219 e. The highest BCUT2D eigenvalue weighted by Crippen LogP contribution is 2.39. The van der Waals surface area contributed by atoms with Gasteiger partial charge in [0.1, 0.15) is 24.9 Å². The van der Waals surface area contributed by atoms with E-state index in [4.69, 9.17) is 25.8 Å². The number of nitrogens with one attached hydrogen (secondary N) is 1. The second kappa shape index (κ2) is 11.5. The van der Waals surface area contributed by atoms with E-state index < -0.39 is 0 Å². The maximum atomic E-state index is 11.7. The van der Waals surface area contributed by atoms with Crippen molar-refractivity contribution in [2.75, 3.05) is 25.5 Å². The maximum absolute atomic E-state index is 11.7. The van der Waals surface area contributed by atoms with Crippen LogP contribution in [0.25, 0.3) is 10.9 Å². The Labute approximate surface area is 224 Å². The van der Waals surface area contributed by atoms with E-state index in [2.05, 4.69) is 25.3 Å². The molecule has 0 atom stereocenters. The number of likely N-dealkylation sites (tertiary alicyclic amines) is 1. The highest BCUT2D eigenvalue weighted by atomic mass is 35.5. The van der Waals surface area contributed by atoms with Gasteiger partial charge in [-0.2, -0.15) is 0 Å². The second-order valence-corrected chi connectivity index (χ2v) is 9.20. The van der Waals surface area contributed by atoms with Crippen molar-refractivity contribution in [1.29, 1.82) is 0 Å². The Balaban J connectivity index is 1.42. The van der Waals surface area contributed by atoms with Crippen LogP contribution in [0.4, 0.5) is 11.5 Å². The third kappa shape index (κ3) is 5.70. The van der Waals surface area contributed by atoms with Crippen molar-refractivity contribution in [2.45, 2.75) is 32.5 Å². The number of carbonyl (C=O) groups excluding carboxylic acids is 1. The predicted octanol–water partition coefficient (Wildman–Crippen LogP) is 4.79. The zero-order valence-corrected chi connectivity index (χ0v) is 21.8. The molecule has 0 saturated carbocycles. The molecule has 0 spiro atoms. The zero-order valence-electron chi connectivity index (χ0n) is 21.1. The number of aromatic nitrogens is 4. The van der Waals surface area contributed by atoms with Crippen molar-refractivity contribution in [2.24, 2.45) is 0 Å². The number of benzene rings is 2. The smallest absolute Gasteiger partial charge is 0.219 e. The number of amides is 1. The molecule has 1 fully saturated rings. The summed E-state index contributed by atoms with van der Waals surface area (Å²) in [7, 11) is 1.60. The summed E-state index contributed by atoms with van der Waals surface area (Å²) in [4.78, 5) is 30.7. The molecule has 2 aromatic carbocycles. The molecule has 1 aliphatic rings. The lowest BCUT2D eigenvalue weighted by Crippen LogP contribution is -2.40. The number of nitrogens with zero attached hydrogens (tertiary/aromatic N) is 5. The van der Waals surface area contributed by atoms with Gasteiger partial charge in [-0.25, -0.2) is 9.97 Å². The topological polar surface area (TPSA) is 112 Å². The van der Waals surface area contributed by atoms with Gasteiger partial charge >= 0.3 is 0 Å². The average molecular weight is 535 g/mol. The molecule has 2 aromatic heterocycles. The average Bonchev–Trinajstić information content (AvgIpc) is 2.93. The number of methoxy groups -OCH3 is 1. The van der Waals surface area contributed by atoms with Crippen LogP contribution < -0.4 is 19.5 Å². The molecule has 0 bridgehead atoms. The molecular formula is C27H27ClN6O4. The van der Waals surface area contributed by atoms with Gasteiger partial charge in [0.25, 0.3) is 0 Å². The lowest BCUT2D eigenvalue weighted by molar-refractivity contribution is -0.130. The second-order valence-electron chi connectivity index (χ2n) is 8.79. The van der Waals surface area contributed by atoms with Crippen molar-refractivity contribution in [1.82, 2.24) is 24.8 Å². The molecule has 0 aliphatic carbocycles. The van der Waals surface area contributed by atoms with Gasteiger partial charge < -0.3 is 24.4 Å². The Morgan fingerprint density at radius 2 is 1.97 bits per heavy atom. The van der Waals surface area contributed by atoms with Crippen LogP contribution in [0, 0.1) is 0 Å². The summed E-state index contributed by atoms with van der Waals surface area (Å²) in [5, 5.41) is 4.53. The van der Waals surface area contributed by atoms with Crippen LogP contribution in [0.15, 0.2) is 55.2 Å². The number of carbonyl (C=O) groups is 1. The number of hydrogen-bond donors (Lipinski definition) is 1. The first-order valence-corrected chi connectivity index (χ1v) is 12.6. The van der Waals surface area contributed by atoms with E-state index in [1.54, 1.807) is 38.7 Å². The van der Waals surface area contributed by atoms with Gasteiger partial charge in [0, 0.05) is 56.7 Å². The third-order valence-corrected chi connectivity index (χ3v) is 6.60. The minimum absolute atomic E-state index is 0.0352. The van der Waals surface area contributed by atoms with E-state index in [1.807, 2.05) is 29.2 Å². The molecule has 3 heterocycles. The summed E-state index contributed by atoms with van der Waals surface area (Å²) in [6, 6.07) is 9.14. The third-order valence-electron chi connectivity index (χ3n) is 6.30. The first kappa shape index (κ1) is 25.5. The molecule has 10 nitrogen and oxygen atoms in total. The summed E-state index contributed by atoms with van der Waals surface area (Å²) < 4.78 is 18.0. The monoisotopic (exact) mass is 534 g/mol. The van der Waals surface area contributed by atoms with E-state index in [9.17, 15) is 4.79 Å². The summed E-state index contributed by atoms with van der Waals surface area (Å²) in [5.74, 6) is 2.27. The number of ether oxygens (including phenoxy) is 3. The van der Waals surface area contributed by atoms with Crippen LogP contribution in [0.5, 0.6) is 17.2 Å². The largest absolute Gasteiger partial charge is 0.493 e. The predicted molar refractivity (Wildman–Crippen MR) is 143 cm³/mol. The molecule has 11 heteroatoms. The van der Waals surface area contributed by atoms with Crippen LogP contribution in [0.2, 0.25) is 5.02 Å². The molecule has 0 radical (unpaired) electrons. The summed E-state index contributed by atoms with van der Waals surface area (Å²) in [5.41, 5.74) is 1.99. The van der Waals surface area contributed by atoms with Crippen LogP contribution in [0.1, 0.15) is 25.5 Å². The number of halogens is 1. The Morgan fingerprint density at radius 1 is 1.13 bits per heavy atom. The Hall–Kier alpha value is -4.18. The summed E-state index contributed by atoms with van der Waals surface area (Å²) >= 11 is 6.49. The Bertz CT molecular complexity index is 1430. The molecule has 1 aliphatic heterocycles. The fourth-order valence-electron chi connectivity index (χ4n) is 4.32. The fraction of sp³-hybridized carbons (Fsp3) is 0.296. The van der Waals surface area contributed by atoms with Gasteiger partial charge in [-0.15, -0.1) is 0 Å². The minimum atomic E-state index is -0.0352. The van der Waals surface area contributed by atoms with E-state index in [-0.39, 0.29) is 18.6 Å². The number of piperidine rings is 1. The standard InChI is InChI=1S/C27H27ClN6O4/c1-17(35)34-10-6-19(7-11-34)38-25-12-20-23(13-24(25)36-2)31-16-32-27(20)33-22-5-3-4-21(28)26(22)37-15-18-14-29-8-9-30-18/h3-5,8-9,12-14,16,19H,6-7,10-11,15H2,1-2H3,(H,31,32,33). The van der Waals surface area contributed by atoms with Crippen molar-refractivity contribution in [3.8, 4) is 17.2 Å². The van der Waals surface area contributed by atoms with Gasteiger partial charge in [0.05, 0.1) is 35.2 Å². The van der Waals surface area contributed by atoms with Crippen LogP contribution >= 0.6 is 11.6 Å². The molecule has 1 amide bonds. The molecule has 1 N–H and O–H groups in total. The molecule has 4 aromatic rings. The molecular weight excluding hydrogens is 508 g/mol. The highest BCUT2D eigenvalue weighted by Gasteiger charge is 2.24. The number of anilines is 2. The van der Waals surface area contributed by atoms with Gasteiger partial charge in [0.2, 0.25) is 5.91 Å². The van der Waals surface area contributed by atoms with E-state index in [0.29, 0.717) is 58.1 Å². The molecule has 196 valence electrons. The molecule has 1 saturated heterocycles. The number of rotatable bonds is 8. The molecule has 5 rings (SSSR count). The van der Waals surface area contributed by atoms with E-state index in [1.165, 1.54) is 6.33 Å². The van der Waals surface area contributed by atoms with Crippen molar-refractivity contribution >= 4 is 39.9 Å². The van der Waals surface area contributed by atoms with Gasteiger partial charge in [-0.1, -0.05) is 17.7 Å². The number of hydrogen-bond acceptors (Lipinski definition) is 9. The first-order chi connectivity index (χ1) is 18.5.